The molecule has 1 amide bonds. The van der Waals surface area contributed by atoms with Crippen LogP contribution in [0.15, 0.2) is 42.7 Å². The molecule has 3 N–H and O–H groups in total. The van der Waals surface area contributed by atoms with Crippen LogP contribution in [-0.2, 0) is 0 Å². The second-order valence-corrected chi connectivity index (χ2v) is 4.00. The van der Waals surface area contributed by atoms with Crippen molar-refractivity contribution in [3.8, 4) is 5.75 Å². The molecule has 0 saturated heterocycles. The summed E-state index contributed by atoms with van der Waals surface area (Å²) in [4.78, 5) is 15.7. The van der Waals surface area contributed by atoms with E-state index in [1.165, 1.54) is 18.5 Å². The second kappa shape index (κ2) is 4.41. The number of nitrogens with one attached hydrogen (secondary N) is 2. The molecule has 1 aromatic carbocycles. The number of hydrogen-bond donors (Lipinski definition) is 3. The zero-order valence-corrected chi connectivity index (χ0v) is 9.79. The number of benzene rings is 1. The summed E-state index contributed by atoms with van der Waals surface area (Å²) >= 11 is 0. The predicted molar refractivity (Wildman–Crippen MR) is 69.9 cm³/mol. The van der Waals surface area contributed by atoms with Gasteiger partial charge in [0, 0.05) is 11.6 Å². The lowest BCUT2D eigenvalue weighted by Crippen LogP contribution is -2.12. The minimum Gasteiger partial charge on any atom is -0.506 e. The van der Waals surface area contributed by atoms with Crippen LogP contribution in [0.1, 0.15) is 10.4 Å². The number of aromatic hydroxyl groups is 1. The first-order chi connectivity index (χ1) is 9.24. The standard InChI is InChI=1S/C13H10N4O2/c18-9-5-8(6-14-7-9)13(19)15-12-10-3-1-2-4-11(10)16-17-12/h1-7,18H,(H2,15,16,17,19). The summed E-state index contributed by atoms with van der Waals surface area (Å²) < 4.78 is 0. The van der Waals surface area contributed by atoms with Crippen molar-refractivity contribution in [2.75, 3.05) is 5.32 Å². The molecule has 19 heavy (non-hydrogen) atoms. The summed E-state index contributed by atoms with van der Waals surface area (Å²) in [6, 6.07) is 8.81. The Labute approximate surface area is 108 Å². The number of amides is 1. The van der Waals surface area contributed by atoms with Crippen LogP contribution in [0.2, 0.25) is 0 Å². The molecule has 0 spiro atoms. The van der Waals surface area contributed by atoms with Gasteiger partial charge in [-0.1, -0.05) is 12.1 Å². The molecule has 0 aliphatic heterocycles. The van der Waals surface area contributed by atoms with Crippen molar-refractivity contribution < 1.29 is 9.90 Å². The third-order valence-corrected chi connectivity index (χ3v) is 2.69. The van der Waals surface area contributed by atoms with Crippen LogP contribution >= 0.6 is 0 Å². The quantitative estimate of drug-likeness (QED) is 0.651. The van der Waals surface area contributed by atoms with E-state index in [1.807, 2.05) is 24.3 Å². The highest BCUT2D eigenvalue weighted by Crippen LogP contribution is 2.20. The number of para-hydroxylation sites is 1. The number of H-pyrrole nitrogens is 1. The maximum absolute atomic E-state index is 12.0. The molecule has 0 unspecified atom stereocenters. The van der Waals surface area contributed by atoms with Gasteiger partial charge >= 0.3 is 0 Å². The van der Waals surface area contributed by atoms with Gasteiger partial charge in [0.25, 0.3) is 5.91 Å². The van der Waals surface area contributed by atoms with Crippen molar-refractivity contribution in [1.82, 2.24) is 15.2 Å². The highest BCUT2D eigenvalue weighted by atomic mass is 16.3. The number of nitrogens with zero attached hydrogens (tertiary/aromatic N) is 2. The van der Waals surface area contributed by atoms with Crippen molar-refractivity contribution in [1.29, 1.82) is 0 Å². The fourth-order valence-electron chi connectivity index (χ4n) is 1.79. The van der Waals surface area contributed by atoms with Gasteiger partial charge in [0.1, 0.15) is 5.75 Å². The number of anilines is 1. The maximum atomic E-state index is 12.0. The zero-order valence-electron chi connectivity index (χ0n) is 9.79. The van der Waals surface area contributed by atoms with Gasteiger partial charge in [-0.05, 0) is 18.2 Å². The minimum atomic E-state index is -0.374. The highest BCUT2D eigenvalue weighted by Gasteiger charge is 2.11. The number of carbonyl (C=O) groups is 1. The monoisotopic (exact) mass is 254 g/mol. The van der Waals surface area contributed by atoms with E-state index in [2.05, 4.69) is 20.5 Å². The van der Waals surface area contributed by atoms with Crippen LogP contribution in [0.5, 0.6) is 5.75 Å². The lowest BCUT2D eigenvalue weighted by molar-refractivity contribution is 0.102. The van der Waals surface area contributed by atoms with Crippen molar-refractivity contribution in [2.45, 2.75) is 0 Å². The van der Waals surface area contributed by atoms with Gasteiger partial charge in [0.15, 0.2) is 5.82 Å². The summed E-state index contributed by atoms with van der Waals surface area (Å²) in [6.07, 6.45) is 2.64. The second-order valence-electron chi connectivity index (χ2n) is 4.00. The predicted octanol–water partition coefficient (Wildman–Crippen LogP) is 1.92. The number of fused-ring (bicyclic) bond motifs is 1. The van der Waals surface area contributed by atoms with E-state index in [1.54, 1.807) is 0 Å². The maximum Gasteiger partial charge on any atom is 0.258 e. The Morgan fingerprint density at radius 1 is 1.26 bits per heavy atom. The van der Waals surface area contributed by atoms with Gasteiger partial charge < -0.3 is 10.4 Å². The molecule has 0 radical (unpaired) electrons. The average Bonchev–Trinajstić information content (AvgIpc) is 2.82. The third-order valence-electron chi connectivity index (χ3n) is 2.69. The van der Waals surface area contributed by atoms with Crippen LogP contribution < -0.4 is 5.32 Å². The molecule has 0 bridgehead atoms. The Morgan fingerprint density at radius 2 is 2.11 bits per heavy atom. The molecule has 3 aromatic rings. The number of aromatic amines is 1. The first-order valence-corrected chi connectivity index (χ1v) is 5.62. The highest BCUT2D eigenvalue weighted by molar-refractivity contribution is 6.07. The SMILES string of the molecule is O=C(Nc1n[nH]c2ccccc12)c1cncc(O)c1. The van der Waals surface area contributed by atoms with E-state index >= 15 is 0 Å². The fourth-order valence-corrected chi connectivity index (χ4v) is 1.79. The summed E-state index contributed by atoms with van der Waals surface area (Å²) in [5.41, 5.74) is 1.11. The number of hydrogen-bond acceptors (Lipinski definition) is 4. The van der Waals surface area contributed by atoms with Crippen LogP contribution in [0.25, 0.3) is 10.9 Å². The van der Waals surface area contributed by atoms with Gasteiger partial charge in [0.05, 0.1) is 17.3 Å². The van der Waals surface area contributed by atoms with Gasteiger partial charge in [-0.25, -0.2) is 0 Å². The van der Waals surface area contributed by atoms with Crippen molar-refractivity contribution >= 4 is 22.6 Å². The zero-order chi connectivity index (χ0) is 13.2. The number of rotatable bonds is 2. The molecular weight excluding hydrogens is 244 g/mol. The lowest BCUT2D eigenvalue weighted by atomic mass is 10.2. The third kappa shape index (κ3) is 2.11. The molecule has 0 saturated carbocycles. The minimum absolute atomic E-state index is 0.0560. The Balaban J connectivity index is 1.91. The molecule has 3 rings (SSSR count). The topological polar surface area (TPSA) is 90.9 Å². The van der Waals surface area contributed by atoms with Crippen LogP contribution in [0, 0.1) is 0 Å². The number of aromatic nitrogens is 3. The Hall–Kier alpha value is -2.89. The summed E-state index contributed by atoms with van der Waals surface area (Å²) in [6.45, 7) is 0. The molecule has 2 heterocycles. The Morgan fingerprint density at radius 3 is 2.95 bits per heavy atom. The van der Waals surface area contributed by atoms with E-state index in [9.17, 15) is 9.90 Å². The van der Waals surface area contributed by atoms with E-state index in [0.717, 1.165) is 10.9 Å². The summed E-state index contributed by atoms with van der Waals surface area (Å²) in [5, 5.41) is 19.7. The molecule has 94 valence electrons. The number of carbonyl (C=O) groups excluding carboxylic acids is 1. The van der Waals surface area contributed by atoms with Crippen molar-refractivity contribution in [3.63, 3.8) is 0 Å². The van der Waals surface area contributed by atoms with Gasteiger partial charge in [-0.3, -0.25) is 14.9 Å². The largest absolute Gasteiger partial charge is 0.506 e. The van der Waals surface area contributed by atoms with E-state index in [-0.39, 0.29) is 17.2 Å². The molecule has 0 fully saturated rings. The van der Waals surface area contributed by atoms with Gasteiger partial charge in [-0.2, -0.15) is 5.10 Å². The van der Waals surface area contributed by atoms with Gasteiger partial charge in [0.2, 0.25) is 0 Å². The smallest absolute Gasteiger partial charge is 0.258 e. The number of pyridine rings is 1. The van der Waals surface area contributed by atoms with Crippen LogP contribution in [0.3, 0.4) is 0 Å². The fraction of sp³-hybridized carbons (Fsp3) is 0. The summed E-state index contributed by atoms with van der Waals surface area (Å²) in [7, 11) is 0. The molecule has 6 heteroatoms. The van der Waals surface area contributed by atoms with Crippen LogP contribution in [0.4, 0.5) is 5.82 Å². The normalized spacial score (nSPS) is 10.5. The average molecular weight is 254 g/mol. The molecule has 2 aromatic heterocycles. The van der Waals surface area contributed by atoms with E-state index < -0.39 is 0 Å². The van der Waals surface area contributed by atoms with Crippen molar-refractivity contribution in [2.24, 2.45) is 0 Å². The lowest BCUT2D eigenvalue weighted by Gasteiger charge is -2.02. The molecule has 6 nitrogen and oxygen atoms in total. The van der Waals surface area contributed by atoms with Gasteiger partial charge in [-0.15, -0.1) is 0 Å². The molecule has 0 atom stereocenters. The van der Waals surface area contributed by atoms with E-state index in [0.29, 0.717) is 5.82 Å². The first-order valence-electron chi connectivity index (χ1n) is 5.62. The Kier molecular flexibility index (Phi) is 2.60. The van der Waals surface area contributed by atoms with Crippen LogP contribution in [-0.4, -0.2) is 26.2 Å². The first kappa shape index (κ1) is 11.2. The molecular formula is C13H10N4O2. The van der Waals surface area contributed by atoms with E-state index in [4.69, 9.17) is 0 Å². The van der Waals surface area contributed by atoms with Crippen molar-refractivity contribution in [3.05, 3.63) is 48.3 Å². The summed E-state index contributed by atoms with van der Waals surface area (Å²) in [5.74, 6) is 0.0177. The molecule has 0 aliphatic carbocycles. The Bertz CT molecular complexity index is 751. The molecule has 0 aliphatic rings.